The summed E-state index contributed by atoms with van der Waals surface area (Å²) in [6, 6.07) is 5.05. The monoisotopic (exact) mass is 301 g/mol. The van der Waals surface area contributed by atoms with E-state index in [0.29, 0.717) is 29.4 Å². The molecular formula is C13H14F3N3O2. The van der Waals surface area contributed by atoms with Crippen LogP contribution in [0.4, 0.5) is 18.9 Å². The predicted molar refractivity (Wildman–Crippen MR) is 70.2 cm³/mol. The Kier molecular flexibility index (Phi) is 3.97. The number of aryl methyl sites for hydroxylation is 2. The third-order valence-electron chi connectivity index (χ3n) is 2.71. The molecule has 0 fully saturated rings. The molecule has 0 aliphatic heterocycles. The lowest BCUT2D eigenvalue weighted by Crippen LogP contribution is -2.16. The second kappa shape index (κ2) is 5.55. The fourth-order valence-electron chi connectivity index (χ4n) is 1.78. The second-order valence-electron chi connectivity index (χ2n) is 4.26. The summed E-state index contributed by atoms with van der Waals surface area (Å²) < 4.78 is 47.0. The summed E-state index contributed by atoms with van der Waals surface area (Å²) in [6.45, 7) is 1.91. The molecule has 0 atom stereocenters. The Bertz CT molecular complexity index is 621. The van der Waals surface area contributed by atoms with Crippen LogP contribution in [0.3, 0.4) is 0 Å². The Morgan fingerprint density at radius 1 is 1.19 bits per heavy atom. The van der Waals surface area contributed by atoms with Gasteiger partial charge in [0.1, 0.15) is 17.2 Å². The molecule has 8 heteroatoms. The maximum Gasteiger partial charge on any atom is 0.573 e. The summed E-state index contributed by atoms with van der Waals surface area (Å²) >= 11 is 0. The molecule has 21 heavy (non-hydrogen) atoms. The van der Waals surface area contributed by atoms with Crippen LogP contribution >= 0.6 is 0 Å². The number of aromatic nitrogens is 2. The quantitative estimate of drug-likeness (QED) is 0.941. The van der Waals surface area contributed by atoms with Gasteiger partial charge >= 0.3 is 6.36 Å². The Balaban J connectivity index is 2.16. The van der Waals surface area contributed by atoms with Crippen LogP contribution in [0.15, 0.2) is 24.3 Å². The minimum absolute atomic E-state index is 0.318. The molecule has 0 saturated heterocycles. The minimum atomic E-state index is -4.72. The first-order valence-corrected chi connectivity index (χ1v) is 6.15. The molecule has 0 radical (unpaired) electrons. The van der Waals surface area contributed by atoms with Crippen molar-refractivity contribution in [1.82, 2.24) is 9.78 Å². The molecule has 0 unspecified atom stereocenters. The number of rotatable bonds is 4. The number of alkyl halides is 3. The molecule has 0 bridgehead atoms. The van der Waals surface area contributed by atoms with Crippen LogP contribution in [0.1, 0.15) is 12.6 Å². The van der Waals surface area contributed by atoms with Crippen LogP contribution in [0.5, 0.6) is 17.4 Å². The summed E-state index contributed by atoms with van der Waals surface area (Å²) in [6.07, 6.45) is -4.06. The molecule has 0 aliphatic carbocycles. The maximum atomic E-state index is 12.1. The fourth-order valence-corrected chi connectivity index (χ4v) is 1.78. The molecule has 114 valence electrons. The number of hydrogen-bond donors (Lipinski definition) is 1. The van der Waals surface area contributed by atoms with Crippen molar-refractivity contribution >= 4 is 5.69 Å². The van der Waals surface area contributed by atoms with Crippen LogP contribution < -0.4 is 15.2 Å². The first-order chi connectivity index (χ1) is 9.80. The number of anilines is 1. The van der Waals surface area contributed by atoms with Gasteiger partial charge in [-0.15, -0.1) is 13.2 Å². The third kappa shape index (κ3) is 3.59. The van der Waals surface area contributed by atoms with Gasteiger partial charge in [-0.3, -0.25) is 0 Å². The molecule has 0 aliphatic rings. The lowest BCUT2D eigenvalue weighted by Gasteiger charge is -2.10. The SMILES string of the molecule is CCc1nn(C)c(Oc2ccc(OC(F)(F)F)cc2)c1N. The zero-order valence-corrected chi connectivity index (χ0v) is 11.4. The zero-order valence-electron chi connectivity index (χ0n) is 11.4. The number of hydrogen-bond acceptors (Lipinski definition) is 4. The van der Waals surface area contributed by atoms with Gasteiger partial charge in [0.25, 0.3) is 0 Å². The highest BCUT2D eigenvalue weighted by atomic mass is 19.4. The van der Waals surface area contributed by atoms with Crippen molar-refractivity contribution in [1.29, 1.82) is 0 Å². The average molecular weight is 301 g/mol. The van der Waals surface area contributed by atoms with Crippen molar-refractivity contribution < 1.29 is 22.6 Å². The highest BCUT2D eigenvalue weighted by Crippen LogP contribution is 2.31. The number of ether oxygens (including phenoxy) is 2. The fraction of sp³-hybridized carbons (Fsp3) is 0.308. The first-order valence-electron chi connectivity index (χ1n) is 6.15. The van der Waals surface area contributed by atoms with E-state index in [9.17, 15) is 13.2 Å². The molecule has 1 aromatic heterocycles. The smallest absolute Gasteiger partial charge is 0.437 e. The number of benzene rings is 1. The second-order valence-corrected chi connectivity index (χ2v) is 4.26. The predicted octanol–water partition coefficient (Wildman–Crippen LogP) is 3.26. The van der Waals surface area contributed by atoms with E-state index in [2.05, 4.69) is 9.84 Å². The topological polar surface area (TPSA) is 62.3 Å². The van der Waals surface area contributed by atoms with E-state index in [1.807, 2.05) is 6.92 Å². The number of nitrogens with zero attached hydrogens (tertiary/aromatic N) is 2. The van der Waals surface area contributed by atoms with E-state index in [-0.39, 0.29) is 5.75 Å². The molecular weight excluding hydrogens is 287 g/mol. The number of nitrogens with two attached hydrogens (primary N) is 1. The highest BCUT2D eigenvalue weighted by Gasteiger charge is 2.31. The highest BCUT2D eigenvalue weighted by molar-refractivity contribution is 5.54. The molecule has 1 heterocycles. The standard InChI is InChI=1S/C13H14F3N3O2/c1-3-10-11(17)12(19(2)18-10)20-8-4-6-9(7-5-8)21-13(14,15)16/h4-7H,3,17H2,1-2H3. The largest absolute Gasteiger partial charge is 0.573 e. The molecule has 2 aromatic rings. The van der Waals surface area contributed by atoms with Crippen LogP contribution in [0.25, 0.3) is 0 Å². The molecule has 1 aromatic carbocycles. The average Bonchev–Trinajstić information content (AvgIpc) is 2.66. The van der Waals surface area contributed by atoms with E-state index >= 15 is 0 Å². The van der Waals surface area contributed by atoms with Gasteiger partial charge in [0.2, 0.25) is 5.88 Å². The Morgan fingerprint density at radius 2 is 1.76 bits per heavy atom. The van der Waals surface area contributed by atoms with Gasteiger partial charge < -0.3 is 15.2 Å². The maximum absolute atomic E-state index is 12.1. The first kappa shape index (κ1) is 15.0. The van der Waals surface area contributed by atoms with Gasteiger partial charge in [0.05, 0.1) is 5.69 Å². The lowest BCUT2D eigenvalue weighted by atomic mass is 10.3. The van der Waals surface area contributed by atoms with Crippen molar-refractivity contribution in [2.24, 2.45) is 7.05 Å². The van der Waals surface area contributed by atoms with E-state index in [1.165, 1.54) is 16.8 Å². The summed E-state index contributed by atoms with van der Waals surface area (Å²) in [5, 5.41) is 4.18. The summed E-state index contributed by atoms with van der Waals surface area (Å²) in [7, 11) is 1.67. The van der Waals surface area contributed by atoms with E-state index in [4.69, 9.17) is 10.5 Å². The van der Waals surface area contributed by atoms with Gasteiger partial charge in [-0.1, -0.05) is 6.92 Å². The zero-order chi connectivity index (χ0) is 15.6. The Hall–Kier alpha value is -2.38. The van der Waals surface area contributed by atoms with Crippen LogP contribution in [0, 0.1) is 0 Å². The molecule has 2 rings (SSSR count). The Morgan fingerprint density at radius 3 is 2.24 bits per heavy atom. The van der Waals surface area contributed by atoms with Gasteiger partial charge in [0, 0.05) is 7.05 Å². The van der Waals surface area contributed by atoms with Crippen molar-refractivity contribution in [2.75, 3.05) is 5.73 Å². The van der Waals surface area contributed by atoms with E-state index < -0.39 is 6.36 Å². The number of halogens is 3. The molecule has 5 nitrogen and oxygen atoms in total. The van der Waals surface area contributed by atoms with Crippen LogP contribution in [0.2, 0.25) is 0 Å². The minimum Gasteiger partial charge on any atom is -0.437 e. The normalized spacial score (nSPS) is 11.5. The van der Waals surface area contributed by atoms with Crippen LogP contribution in [-0.2, 0) is 13.5 Å². The van der Waals surface area contributed by atoms with Gasteiger partial charge in [-0.25, -0.2) is 4.68 Å². The number of nitrogen functional groups attached to an aromatic ring is 1. The summed E-state index contributed by atoms with van der Waals surface area (Å²) in [5.41, 5.74) is 7.01. The van der Waals surface area contributed by atoms with Gasteiger partial charge in [-0.05, 0) is 30.7 Å². The van der Waals surface area contributed by atoms with Crippen molar-refractivity contribution in [3.05, 3.63) is 30.0 Å². The molecule has 0 saturated carbocycles. The van der Waals surface area contributed by atoms with E-state index in [0.717, 1.165) is 12.1 Å². The van der Waals surface area contributed by atoms with Gasteiger partial charge in [-0.2, -0.15) is 5.10 Å². The van der Waals surface area contributed by atoms with E-state index in [1.54, 1.807) is 7.05 Å². The van der Waals surface area contributed by atoms with Crippen molar-refractivity contribution in [3.8, 4) is 17.4 Å². The molecule has 0 amide bonds. The molecule has 0 spiro atoms. The third-order valence-corrected chi connectivity index (χ3v) is 2.71. The molecule has 2 N–H and O–H groups in total. The van der Waals surface area contributed by atoms with Crippen molar-refractivity contribution in [3.63, 3.8) is 0 Å². The van der Waals surface area contributed by atoms with Crippen LogP contribution in [-0.4, -0.2) is 16.1 Å². The van der Waals surface area contributed by atoms with Gasteiger partial charge in [0.15, 0.2) is 0 Å². The lowest BCUT2D eigenvalue weighted by molar-refractivity contribution is -0.274. The summed E-state index contributed by atoms with van der Waals surface area (Å²) in [4.78, 5) is 0. The Labute approximate surface area is 119 Å². The van der Waals surface area contributed by atoms with Crippen molar-refractivity contribution in [2.45, 2.75) is 19.7 Å². The summed E-state index contributed by atoms with van der Waals surface area (Å²) in [5.74, 6) is 0.361.